The highest BCUT2D eigenvalue weighted by Gasteiger charge is 2.14. The number of hydrogen-bond donors (Lipinski definition) is 1. The van der Waals surface area contributed by atoms with Crippen LogP contribution in [-0.4, -0.2) is 10.5 Å². The molecule has 0 aliphatic heterocycles. The number of nitrogens with zero attached hydrogens (tertiary/aromatic N) is 1. The van der Waals surface area contributed by atoms with Crippen molar-refractivity contribution >= 4 is 0 Å². The van der Waals surface area contributed by atoms with Gasteiger partial charge in [-0.15, -0.1) is 0 Å². The van der Waals surface area contributed by atoms with Crippen LogP contribution in [0.4, 0.5) is 0 Å². The third-order valence-electron chi connectivity index (χ3n) is 1.86. The second kappa shape index (κ2) is 3.88. The molecule has 0 amide bonds. The summed E-state index contributed by atoms with van der Waals surface area (Å²) in [5.74, 6) is 0. The fourth-order valence-electron chi connectivity index (χ4n) is 1.38. The normalized spacial score (nSPS) is 14.2. The van der Waals surface area contributed by atoms with Crippen LogP contribution in [0.1, 0.15) is 39.3 Å². The SMILES string of the molecule is C[C@@H](NC(C)(C)C)c1ccncc1. The van der Waals surface area contributed by atoms with Crippen LogP contribution >= 0.6 is 0 Å². The van der Waals surface area contributed by atoms with Crippen LogP contribution in [0.2, 0.25) is 0 Å². The summed E-state index contributed by atoms with van der Waals surface area (Å²) in [7, 11) is 0. The van der Waals surface area contributed by atoms with Gasteiger partial charge in [-0.25, -0.2) is 0 Å². The predicted octanol–water partition coefficient (Wildman–Crippen LogP) is 2.53. The van der Waals surface area contributed by atoms with E-state index in [1.54, 1.807) is 0 Å². The van der Waals surface area contributed by atoms with Crippen molar-refractivity contribution in [2.75, 3.05) is 0 Å². The Bertz CT molecular complexity index is 249. The summed E-state index contributed by atoms with van der Waals surface area (Å²) < 4.78 is 0. The molecule has 0 unspecified atom stereocenters. The molecular weight excluding hydrogens is 160 g/mol. The van der Waals surface area contributed by atoms with E-state index in [4.69, 9.17) is 0 Å². The molecule has 13 heavy (non-hydrogen) atoms. The van der Waals surface area contributed by atoms with E-state index in [0.717, 1.165) is 0 Å². The third-order valence-corrected chi connectivity index (χ3v) is 1.86. The second-order valence-electron chi connectivity index (χ2n) is 4.40. The quantitative estimate of drug-likeness (QED) is 0.752. The average Bonchev–Trinajstić information content (AvgIpc) is 2.03. The molecule has 0 saturated heterocycles. The summed E-state index contributed by atoms with van der Waals surface area (Å²) in [5.41, 5.74) is 1.44. The molecule has 72 valence electrons. The van der Waals surface area contributed by atoms with Crippen molar-refractivity contribution in [2.45, 2.75) is 39.3 Å². The summed E-state index contributed by atoms with van der Waals surface area (Å²) in [4.78, 5) is 4.00. The molecule has 0 aliphatic carbocycles. The monoisotopic (exact) mass is 178 g/mol. The van der Waals surface area contributed by atoms with Crippen LogP contribution in [0.25, 0.3) is 0 Å². The second-order valence-corrected chi connectivity index (χ2v) is 4.40. The fourth-order valence-corrected chi connectivity index (χ4v) is 1.38. The van der Waals surface area contributed by atoms with Gasteiger partial charge in [-0.05, 0) is 45.4 Å². The summed E-state index contributed by atoms with van der Waals surface area (Å²) in [5, 5.41) is 3.51. The number of pyridine rings is 1. The van der Waals surface area contributed by atoms with Gasteiger partial charge in [0.2, 0.25) is 0 Å². The molecule has 2 heteroatoms. The van der Waals surface area contributed by atoms with Gasteiger partial charge in [0.25, 0.3) is 0 Å². The first-order chi connectivity index (χ1) is 5.99. The number of nitrogens with one attached hydrogen (secondary N) is 1. The van der Waals surface area contributed by atoms with Gasteiger partial charge in [-0.2, -0.15) is 0 Å². The van der Waals surface area contributed by atoms with Gasteiger partial charge in [0.05, 0.1) is 0 Å². The first-order valence-corrected chi connectivity index (χ1v) is 4.67. The van der Waals surface area contributed by atoms with Gasteiger partial charge >= 0.3 is 0 Å². The molecule has 0 saturated carbocycles. The van der Waals surface area contributed by atoms with Crippen LogP contribution in [0, 0.1) is 0 Å². The zero-order valence-electron chi connectivity index (χ0n) is 8.83. The van der Waals surface area contributed by atoms with E-state index in [2.05, 4.69) is 38.0 Å². The third kappa shape index (κ3) is 3.55. The van der Waals surface area contributed by atoms with E-state index < -0.39 is 0 Å². The lowest BCUT2D eigenvalue weighted by molar-refractivity contribution is 0.378. The number of hydrogen-bond acceptors (Lipinski definition) is 2. The van der Waals surface area contributed by atoms with Crippen molar-refractivity contribution in [3.63, 3.8) is 0 Å². The average molecular weight is 178 g/mol. The van der Waals surface area contributed by atoms with Crippen LogP contribution in [-0.2, 0) is 0 Å². The molecule has 0 bridgehead atoms. The van der Waals surface area contributed by atoms with Gasteiger partial charge in [0.15, 0.2) is 0 Å². The maximum absolute atomic E-state index is 4.00. The zero-order valence-corrected chi connectivity index (χ0v) is 8.83. The highest BCUT2D eigenvalue weighted by Crippen LogP contribution is 2.14. The Kier molecular flexibility index (Phi) is 3.04. The van der Waals surface area contributed by atoms with Crippen molar-refractivity contribution in [2.24, 2.45) is 0 Å². The van der Waals surface area contributed by atoms with Crippen LogP contribution < -0.4 is 5.32 Å². The molecule has 1 aromatic rings. The molecule has 2 nitrogen and oxygen atoms in total. The number of aromatic nitrogens is 1. The summed E-state index contributed by atoms with van der Waals surface area (Å²) in [6.07, 6.45) is 3.66. The van der Waals surface area contributed by atoms with E-state index in [1.807, 2.05) is 24.5 Å². The van der Waals surface area contributed by atoms with Gasteiger partial charge in [-0.3, -0.25) is 4.98 Å². The molecule has 1 N–H and O–H groups in total. The molecule has 1 atom stereocenters. The maximum atomic E-state index is 4.00. The smallest absolute Gasteiger partial charge is 0.0297 e. The highest BCUT2D eigenvalue weighted by atomic mass is 15.0. The summed E-state index contributed by atoms with van der Waals surface area (Å²) in [6.45, 7) is 8.68. The Morgan fingerprint density at radius 3 is 2.23 bits per heavy atom. The Morgan fingerprint density at radius 1 is 1.23 bits per heavy atom. The van der Waals surface area contributed by atoms with Gasteiger partial charge in [-0.1, -0.05) is 0 Å². The topological polar surface area (TPSA) is 24.9 Å². The molecule has 0 radical (unpaired) electrons. The van der Waals surface area contributed by atoms with E-state index in [0.29, 0.717) is 6.04 Å². The van der Waals surface area contributed by atoms with Crippen LogP contribution in [0.5, 0.6) is 0 Å². The molecule has 0 spiro atoms. The predicted molar refractivity (Wildman–Crippen MR) is 55.5 cm³/mol. The number of rotatable bonds is 2. The molecule has 0 fully saturated rings. The van der Waals surface area contributed by atoms with Crippen molar-refractivity contribution in [1.82, 2.24) is 10.3 Å². The van der Waals surface area contributed by atoms with Gasteiger partial charge in [0.1, 0.15) is 0 Å². The lowest BCUT2D eigenvalue weighted by Crippen LogP contribution is -2.37. The van der Waals surface area contributed by atoms with Gasteiger partial charge < -0.3 is 5.32 Å². The van der Waals surface area contributed by atoms with Crippen molar-refractivity contribution in [3.05, 3.63) is 30.1 Å². The molecule has 1 aromatic heterocycles. The molecule has 0 aromatic carbocycles. The Labute approximate surface area is 80.4 Å². The Morgan fingerprint density at radius 2 is 1.77 bits per heavy atom. The van der Waals surface area contributed by atoms with E-state index in [9.17, 15) is 0 Å². The fraction of sp³-hybridized carbons (Fsp3) is 0.545. The van der Waals surface area contributed by atoms with E-state index in [1.165, 1.54) is 5.56 Å². The largest absolute Gasteiger partial charge is 0.306 e. The molecule has 0 aliphatic rings. The van der Waals surface area contributed by atoms with E-state index in [-0.39, 0.29) is 5.54 Å². The summed E-state index contributed by atoms with van der Waals surface area (Å²) >= 11 is 0. The minimum Gasteiger partial charge on any atom is -0.306 e. The Hall–Kier alpha value is -0.890. The van der Waals surface area contributed by atoms with Crippen LogP contribution in [0.3, 0.4) is 0 Å². The first kappa shape index (κ1) is 10.2. The molecule has 1 heterocycles. The Balaban J connectivity index is 2.64. The van der Waals surface area contributed by atoms with Crippen molar-refractivity contribution in [1.29, 1.82) is 0 Å². The minimum atomic E-state index is 0.155. The molecule has 1 rings (SSSR count). The van der Waals surface area contributed by atoms with Gasteiger partial charge in [0, 0.05) is 24.0 Å². The lowest BCUT2D eigenvalue weighted by atomic mass is 10.0. The highest BCUT2D eigenvalue weighted by molar-refractivity contribution is 5.14. The lowest BCUT2D eigenvalue weighted by Gasteiger charge is -2.26. The maximum Gasteiger partial charge on any atom is 0.0297 e. The summed E-state index contributed by atoms with van der Waals surface area (Å²) in [6, 6.07) is 4.47. The van der Waals surface area contributed by atoms with Crippen molar-refractivity contribution < 1.29 is 0 Å². The van der Waals surface area contributed by atoms with Crippen molar-refractivity contribution in [3.8, 4) is 0 Å². The van der Waals surface area contributed by atoms with Crippen LogP contribution in [0.15, 0.2) is 24.5 Å². The standard InChI is InChI=1S/C11H18N2/c1-9(13-11(2,3)4)10-5-7-12-8-6-10/h5-9,13H,1-4H3/t9-/m1/s1. The zero-order chi connectivity index (χ0) is 9.90. The minimum absolute atomic E-state index is 0.155. The van der Waals surface area contributed by atoms with E-state index >= 15 is 0 Å². The first-order valence-electron chi connectivity index (χ1n) is 4.67. The molecular formula is C11H18N2.